The Labute approximate surface area is 322 Å². The Kier molecular flexibility index (Phi) is 12.2. The van der Waals surface area contributed by atoms with Crippen LogP contribution < -0.4 is 15.4 Å². The van der Waals surface area contributed by atoms with Crippen molar-refractivity contribution in [1.29, 1.82) is 0 Å². The maximum atomic E-state index is 14.7. The van der Waals surface area contributed by atoms with E-state index in [4.69, 9.17) is 19.2 Å². The molecule has 1 fully saturated rings. The molecule has 2 N–H and O–H groups in total. The van der Waals surface area contributed by atoms with Gasteiger partial charge in [-0.25, -0.2) is 19.0 Å². The SMILES string of the molecule is C=Cc1nc(-c2cccc(F)c2)c2c(c1C=C)CCC1(CC(C(=O)NC3(C(=O)OCC)C#CC3C=C)N(C(=O)C(CCCCC)NC(=O)OC(C)(C)C)C1)O2. The number of rotatable bonds is 14. The molecule has 11 nitrogen and oxygen atoms in total. The summed E-state index contributed by atoms with van der Waals surface area (Å²) < 4.78 is 32.4. The Morgan fingerprint density at radius 2 is 1.93 bits per heavy atom. The van der Waals surface area contributed by atoms with Crippen molar-refractivity contribution in [2.24, 2.45) is 5.92 Å². The van der Waals surface area contributed by atoms with Crippen LogP contribution in [0.3, 0.4) is 0 Å². The van der Waals surface area contributed by atoms with E-state index in [1.807, 2.05) is 6.92 Å². The van der Waals surface area contributed by atoms with Gasteiger partial charge >= 0.3 is 12.1 Å². The van der Waals surface area contributed by atoms with Gasteiger partial charge in [0.15, 0.2) is 0 Å². The van der Waals surface area contributed by atoms with E-state index in [9.17, 15) is 23.6 Å². The first-order valence-corrected chi connectivity index (χ1v) is 18.9. The summed E-state index contributed by atoms with van der Waals surface area (Å²) >= 11 is 0. The minimum absolute atomic E-state index is 0.0262. The molecule has 1 aliphatic carbocycles. The Morgan fingerprint density at radius 1 is 1.16 bits per heavy atom. The molecule has 0 radical (unpaired) electrons. The quantitative estimate of drug-likeness (QED) is 0.0960. The number of esters is 1. The number of aromatic nitrogens is 1. The number of carbonyl (C=O) groups excluding carboxylic acids is 4. The van der Waals surface area contributed by atoms with Gasteiger partial charge < -0.3 is 29.7 Å². The molecule has 1 aromatic heterocycles. The molecule has 55 heavy (non-hydrogen) atoms. The van der Waals surface area contributed by atoms with Crippen LogP contribution in [0, 0.1) is 23.6 Å². The molecule has 3 amide bonds. The van der Waals surface area contributed by atoms with Crippen molar-refractivity contribution in [2.75, 3.05) is 13.2 Å². The third kappa shape index (κ3) is 8.46. The number of alkyl carbamates (subject to hydrolysis) is 1. The molecule has 12 heteroatoms. The van der Waals surface area contributed by atoms with Gasteiger partial charge in [0.25, 0.3) is 0 Å². The summed E-state index contributed by atoms with van der Waals surface area (Å²) in [6.45, 7) is 20.6. The van der Waals surface area contributed by atoms with Crippen molar-refractivity contribution in [3.05, 3.63) is 72.7 Å². The number of hydrogen-bond donors (Lipinski definition) is 2. The van der Waals surface area contributed by atoms with Crippen molar-refractivity contribution in [3.63, 3.8) is 0 Å². The van der Waals surface area contributed by atoms with Crippen LogP contribution in [0.1, 0.15) is 90.0 Å². The molecule has 1 spiro atoms. The largest absolute Gasteiger partial charge is 0.483 e. The number of hydrogen-bond acceptors (Lipinski definition) is 8. The summed E-state index contributed by atoms with van der Waals surface area (Å²) in [5, 5.41) is 5.59. The number of nitrogens with one attached hydrogen (secondary N) is 2. The highest BCUT2D eigenvalue weighted by atomic mass is 19.1. The van der Waals surface area contributed by atoms with Crippen LogP contribution in [-0.4, -0.2) is 75.7 Å². The summed E-state index contributed by atoms with van der Waals surface area (Å²) in [6, 6.07) is 3.83. The Balaban J connectivity index is 1.58. The molecule has 1 saturated heterocycles. The van der Waals surface area contributed by atoms with Crippen LogP contribution in [0.15, 0.2) is 50.1 Å². The Morgan fingerprint density at radius 3 is 2.53 bits per heavy atom. The van der Waals surface area contributed by atoms with Gasteiger partial charge in [0.2, 0.25) is 17.4 Å². The molecule has 5 unspecified atom stereocenters. The summed E-state index contributed by atoms with van der Waals surface area (Å²) in [7, 11) is 0. The van der Waals surface area contributed by atoms with Crippen LogP contribution in [0.5, 0.6) is 5.75 Å². The highest BCUT2D eigenvalue weighted by molar-refractivity contribution is 5.98. The van der Waals surface area contributed by atoms with Gasteiger partial charge in [0.05, 0.1) is 24.8 Å². The van der Waals surface area contributed by atoms with Crippen LogP contribution in [0.2, 0.25) is 0 Å². The molecule has 3 aliphatic rings. The van der Waals surface area contributed by atoms with Crippen molar-refractivity contribution in [3.8, 4) is 28.8 Å². The second-order valence-corrected chi connectivity index (χ2v) is 15.2. The number of amides is 3. The summed E-state index contributed by atoms with van der Waals surface area (Å²) in [5.74, 6) is 2.98. The fourth-order valence-corrected chi connectivity index (χ4v) is 7.42. The van der Waals surface area contributed by atoms with Crippen molar-refractivity contribution in [1.82, 2.24) is 20.5 Å². The van der Waals surface area contributed by atoms with Gasteiger partial charge in [-0.3, -0.25) is 9.59 Å². The highest BCUT2D eigenvalue weighted by Gasteiger charge is 2.57. The van der Waals surface area contributed by atoms with Crippen molar-refractivity contribution >= 4 is 36.0 Å². The number of unbranched alkanes of at least 4 members (excludes halogenated alkanes) is 2. The van der Waals surface area contributed by atoms with Crippen LogP contribution >= 0.6 is 0 Å². The maximum Gasteiger partial charge on any atom is 0.408 e. The average Bonchev–Trinajstić information content (AvgIpc) is 3.50. The number of ether oxygens (including phenoxy) is 3. The lowest BCUT2D eigenvalue weighted by Crippen LogP contribution is -2.65. The van der Waals surface area contributed by atoms with E-state index < -0.39 is 64.4 Å². The lowest BCUT2D eigenvalue weighted by molar-refractivity contribution is -0.153. The first kappa shape index (κ1) is 40.7. The number of pyridine rings is 1. The van der Waals surface area contributed by atoms with E-state index >= 15 is 0 Å². The standard InChI is InChI=1S/C43H51FN4O7/c1-9-14-15-19-33(46-40(52)55-41(6,7)8)38(50)48-26-42(25-34(48)37(49)47-43(39(51)53-13-5)23-20-28(43)10-2)22-21-31-30(11-3)32(12-4)45-35(36(31)54-42)27-17-16-18-29(44)24-27/h10-12,16-18,24,28,33-34H,2-4,9,13-15,19,21-22,25-26H2,1,5-8H3,(H,46,52)(H,47,49). The zero-order chi connectivity index (χ0) is 40.1. The van der Waals surface area contributed by atoms with E-state index in [2.05, 4.69) is 42.2 Å². The third-order valence-corrected chi connectivity index (χ3v) is 10.1. The zero-order valence-corrected chi connectivity index (χ0v) is 32.4. The molecule has 1 aromatic carbocycles. The molecule has 0 bridgehead atoms. The maximum absolute atomic E-state index is 14.7. The first-order chi connectivity index (χ1) is 26.1. The van der Waals surface area contributed by atoms with Gasteiger partial charge in [0.1, 0.15) is 40.5 Å². The highest BCUT2D eigenvalue weighted by Crippen LogP contribution is 2.47. The predicted molar refractivity (Wildman–Crippen MR) is 208 cm³/mol. The topological polar surface area (TPSA) is 136 Å². The number of carbonyl (C=O) groups is 4. The second kappa shape index (κ2) is 16.5. The summed E-state index contributed by atoms with van der Waals surface area (Å²) in [6.07, 6.45) is 7.46. The van der Waals surface area contributed by atoms with Gasteiger partial charge in [-0.2, -0.15) is 0 Å². The number of halogens is 1. The molecule has 2 aliphatic heterocycles. The molecule has 3 heterocycles. The van der Waals surface area contributed by atoms with Crippen LogP contribution in [0.4, 0.5) is 9.18 Å². The molecule has 5 rings (SSSR count). The minimum atomic E-state index is -1.69. The van der Waals surface area contributed by atoms with E-state index in [0.717, 1.165) is 18.4 Å². The lowest BCUT2D eigenvalue weighted by Gasteiger charge is -2.37. The molecular weight excluding hydrogens is 703 g/mol. The van der Waals surface area contributed by atoms with E-state index in [1.165, 1.54) is 23.1 Å². The molecular formula is C43H51FN4O7. The fraction of sp³-hybridized carbons (Fsp3) is 0.465. The monoisotopic (exact) mass is 754 g/mol. The number of likely N-dealkylation sites (tertiary alicyclic amines) is 1. The second-order valence-electron chi connectivity index (χ2n) is 15.2. The van der Waals surface area contributed by atoms with Gasteiger partial charge in [-0.05, 0) is 65.2 Å². The van der Waals surface area contributed by atoms with Crippen LogP contribution in [-0.2, 0) is 30.3 Å². The molecule has 5 atom stereocenters. The van der Waals surface area contributed by atoms with E-state index in [1.54, 1.807) is 52.0 Å². The van der Waals surface area contributed by atoms with Gasteiger partial charge in [0, 0.05) is 23.1 Å². The molecule has 2 aromatic rings. The minimum Gasteiger partial charge on any atom is -0.483 e. The van der Waals surface area contributed by atoms with Crippen molar-refractivity contribution in [2.45, 2.75) is 108 Å². The number of benzene rings is 1. The lowest BCUT2D eigenvalue weighted by atomic mass is 9.76. The molecule has 0 saturated carbocycles. The molecule has 292 valence electrons. The van der Waals surface area contributed by atoms with E-state index in [-0.39, 0.29) is 19.6 Å². The zero-order valence-electron chi connectivity index (χ0n) is 32.4. The Bertz CT molecular complexity index is 1940. The summed E-state index contributed by atoms with van der Waals surface area (Å²) in [4.78, 5) is 61.9. The van der Waals surface area contributed by atoms with Crippen LogP contribution in [0.25, 0.3) is 23.4 Å². The smallest absolute Gasteiger partial charge is 0.408 e. The van der Waals surface area contributed by atoms with E-state index in [0.29, 0.717) is 53.9 Å². The van der Waals surface area contributed by atoms with Gasteiger partial charge in [-0.1, -0.05) is 75.5 Å². The summed E-state index contributed by atoms with van der Waals surface area (Å²) in [5.41, 5.74) is -0.720. The fourth-order valence-electron chi connectivity index (χ4n) is 7.42. The first-order valence-electron chi connectivity index (χ1n) is 18.9. The van der Waals surface area contributed by atoms with Crippen molar-refractivity contribution < 1.29 is 37.8 Å². The number of nitrogens with zero attached hydrogens (tertiary/aromatic N) is 2. The Hall–Kier alpha value is -5.44. The van der Waals surface area contributed by atoms with Gasteiger partial charge in [-0.15, -0.1) is 6.58 Å². The normalized spacial score (nSPS) is 22.8. The third-order valence-electron chi connectivity index (χ3n) is 10.1. The number of fused-ring (bicyclic) bond motifs is 1. The predicted octanol–water partition coefficient (Wildman–Crippen LogP) is 6.55. The average molecular weight is 755 g/mol.